The second-order valence-electron chi connectivity index (χ2n) is 7.57. The van der Waals surface area contributed by atoms with Crippen LogP contribution in [-0.2, 0) is 26.4 Å². The molecule has 0 atom stereocenters. The maximum Gasteiger partial charge on any atom is 0.332 e. The van der Waals surface area contributed by atoms with Gasteiger partial charge in [0.05, 0.1) is 6.54 Å². The van der Waals surface area contributed by atoms with Crippen LogP contribution in [0.3, 0.4) is 0 Å². The third-order valence-electron chi connectivity index (χ3n) is 5.44. The van der Waals surface area contributed by atoms with Gasteiger partial charge in [0.15, 0.2) is 27.8 Å². The molecule has 4 aromatic rings. The van der Waals surface area contributed by atoms with Crippen molar-refractivity contribution in [2.45, 2.75) is 17.5 Å². The summed E-state index contributed by atoms with van der Waals surface area (Å²) < 4.78 is 15.1. The van der Waals surface area contributed by atoms with Crippen LogP contribution in [0.5, 0.6) is 11.5 Å². The number of benzene rings is 2. The first-order valence-electron chi connectivity index (χ1n) is 9.95. The molecule has 1 aliphatic heterocycles. The number of halogens is 2. The van der Waals surface area contributed by atoms with Crippen LogP contribution in [-0.4, -0.2) is 25.5 Å². The van der Waals surface area contributed by atoms with Gasteiger partial charge >= 0.3 is 5.69 Å². The van der Waals surface area contributed by atoms with E-state index in [9.17, 15) is 9.59 Å². The number of nitrogens with zero attached hydrogens (tertiary/aromatic N) is 4. The summed E-state index contributed by atoms with van der Waals surface area (Å²) in [6.45, 7) is 0.393. The van der Waals surface area contributed by atoms with Crippen molar-refractivity contribution >= 4 is 46.1 Å². The molecule has 8 nitrogen and oxygen atoms in total. The average molecular weight is 505 g/mol. The number of rotatable bonds is 5. The molecule has 2 aromatic heterocycles. The lowest BCUT2D eigenvalue weighted by Gasteiger charge is -2.12. The summed E-state index contributed by atoms with van der Waals surface area (Å²) in [4.78, 5) is 30.2. The van der Waals surface area contributed by atoms with E-state index in [1.54, 1.807) is 23.7 Å². The monoisotopic (exact) mass is 504 g/mol. The average Bonchev–Trinajstić information content (AvgIpc) is 3.39. The van der Waals surface area contributed by atoms with Gasteiger partial charge in [-0.3, -0.25) is 13.9 Å². The van der Waals surface area contributed by atoms with Crippen LogP contribution in [0.25, 0.3) is 11.2 Å². The van der Waals surface area contributed by atoms with Crippen LogP contribution in [0.15, 0.2) is 51.1 Å². The zero-order chi connectivity index (χ0) is 23.3. The Morgan fingerprint density at radius 1 is 1.06 bits per heavy atom. The Bertz CT molecular complexity index is 1530. The van der Waals surface area contributed by atoms with Gasteiger partial charge in [-0.15, -0.1) is 0 Å². The largest absolute Gasteiger partial charge is 0.454 e. The van der Waals surface area contributed by atoms with Gasteiger partial charge in [0.2, 0.25) is 6.79 Å². The molecule has 0 bridgehead atoms. The number of hydrogen-bond donors (Lipinski definition) is 0. The first-order chi connectivity index (χ1) is 15.8. The highest BCUT2D eigenvalue weighted by Gasteiger charge is 2.22. The molecule has 0 spiro atoms. The number of hydrogen-bond acceptors (Lipinski definition) is 6. The summed E-state index contributed by atoms with van der Waals surface area (Å²) in [5.41, 5.74) is 1.52. The van der Waals surface area contributed by atoms with Crippen LogP contribution in [0, 0.1) is 0 Å². The molecular weight excluding hydrogens is 487 g/mol. The number of imidazole rings is 1. The minimum absolute atomic E-state index is 0.131. The summed E-state index contributed by atoms with van der Waals surface area (Å²) in [6.07, 6.45) is 0. The number of ether oxygens (including phenoxy) is 2. The van der Waals surface area contributed by atoms with Gasteiger partial charge in [-0.25, -0.2) is 9.78 Å². The molecule has 0 saturated carbocycles. The van der Waals surface area contributed by atoms with E-state index in [0.29, 0.717) is 43.6 Å². The molecule has 0 aliphatic carbocycles. The molecule has 0 unspecified atom stereocenters. The molecular formula is C22H18Cl2N4O4S. The van der Waals surface area contributed by atoms with Crippen molar-refractivity contribution in [1.29, 1.82) is 0 Å². The molecule has 5 rings (SSSR count). The summed E-state index contributed by atoms with van der Waals surface area (Å²) in [7, 11) is 3.05. The first-order valence-corrected chi connectivity index (χ1v) is 11.7. The lowest BCUT2D eigenvalue weighted by molar-refractivity contribution is 0.174. The summed E-state index contributed by atoms with van der Waals surface area (Å²) in [5, 5.41) is 1.70. The molecule has 2 aromatic carbocycles. The minimum atomic E-state index is -0.440. The smallest absolute Gasteiger partial charge is 0.332 e. The van der Waals surface area contributed by atoms with E-state index in [0.717, 1.165) is 15.7 Å². The topological polar surface area (TPSA) is 80.3 Å². The third kappa shape index (κ3) is 3.90. The van der Waals surface area contributed by atoms with Crippen molar-refractivity contribution in [3.05, 3.63) is 78.4 Å². The van der Waals surface area contributed by atoms with Crippen molar-refractivity contribution in [2.75, 3.05) is 6.79 Å². The van der Waals surface area contributed by atoms with Crippen LogP contribution >= 0.6 is 35.0 Å². The quantitative estimate of drug-likeness (QED) is 0.384. The Balaban J connectivity index is 1.64. The second kappa shape index (κ2) is 8.48. The lowest BCUT2D eigenvalue weighted by Crippen LogP contribution is -2.37. The summed E-state index contributed by atoms with van der Waals surface area (Å²) in [6, 6.07) is 11.0. The highest BCUT2D eigenvalue weighted by atomic mass is 35.5. The van der Waals surface area contributed by atoms with Gasteiger partial charge in [0.1, 0.15) is 0 Å². The van der Waals surface area contributed by atoms with Crippen LogP contribution < -0.4 is 20.7 Å². The highest BCUT2D eigenvalue weighted by Crippen LogP contribution is 2.38. The zero-order valence-electron chi connectivity index (χ0n) is 17.7. The number of aryl methyl sites for hydroxylation is 1. The lowest BCUT2D eigenvalue weighted by atomic mass is 10.2. The van der Waals surface area contributed by atoms with Crippen molar-refractivity contribution in [1.82, 2.24) is 18.7 Å². The highest BCUT2D eigenvalue weighted by molar-refractivity contribution is 7.98. The molecule has 170 valence electrons. The van der Waals surface area contributed by atoms with Gasteiger partial charge in [-0.05, 0) is 29.3 Å². The Morgan fingerprint density at radius 3 is 2.58 bits per heavy atom. The fourth-order valence-corrected chi connectivity index (χ4v) is 5.07. The molecule has 0 radical (unpaired) electrons. The fourth-order valence-electron chi connectivity index (χ4n) is 3.71. The number of aromatic nitrogens is 4. The maximum absolute atomic E-state index is 13.1. The standard InChI is InChI=1S/C22H18Cl2N4O4S/c1-26-19-18(20(29)27(2)22(26)30)28(9-13-7-16-17(8-15(13)24)32-11-31-16)21(25-19)33-10-12-4-3-5-14(23)6-12/h3-8H,9-11H2,1-2H3. The maximum atomic E-state index is 13.1. The first kappa shape index (κ1) is 21.9. The Morgan fingerprint density at radius 2 is 1.82 bits per heavy atom. The SMILES string of the molecule is Cn1c(=O)c2c(nc(SCc3cccc(Cl)c3)n2Cc2cc3c(cc2Cl)OCO3)n(C)c1=O. The predicted molar refractivity (Wildman–Crippen MR) is 128 cm³/mol. The summed E-state index contributed by atoms with van der Waals surface area (Å²) in [5.74, 6) is 1.74. The van der Waals surface area contributed by atoms with Crippen molar-refractivity contribution in [2.24, 2.45) is 14.1 Å². The molecule has 0 saturated heterocycles. The normalized spacial score (nSPS) is 12.6. The Kier molecular flexibility index (Phi) is 5.64. The van der Waals surface area contributed by atoms with Gasteiger partial charge in [-0.1, -0.05) is 47.1 Å². The van der Waals surface area contributed by atoms with Gasteiger partial charge in [0, 0.05) is 36.0 Å². The Labute approximate surface area is 202 Å². The van der Waals surface area contributed by atoms with Crippen LogP contribution in [0.4, 0.5) is 0 Å². The van der Waals surface area contributed by atoms with E-state index in [1.165, 1.54) is 23.4 Å². The van der Waals surface area contributed by atoms with Crippen LogP contribution in [0.1, 0.15) is 11.1 Å². The molecule has 11 heteroatoms. The zero-order valence-corrected chi connectivity index (χ0v) is 20.0. The minimum Gasteiger partial charge on any atom is -0.454 e. The van der Waals surface area contributed by atoms with Gasteiger partial charge in [-0.2, -0.15) is 0 Å². The molecule has 0 amide bonds. The van der Waals surface area contributed by atoms with E-state index in [1.807, 2.05) is 24.3 Å². The van der Waals surface area contributed by atoms with Crippen molar-refractivity contribution in [3.8, 4) is 11.5 Å². The van der Waals surface area contributed by atoms with E-state index in [-0.39, 0.29) is 13.3 Å². The van der Waals surface area contributed by atoms with E-state index in [4.69, 9.17) is 32.7 Å². The molecule has 1 aliphatic rings. The van der Waals surface area contributed by atoms with E-state index >= 15 is 0 Å². The number of fused-ring (bicyclic) bond motifs is 2. The summed E-state index contributed by atoms with van der Waals surface area (Å²) >= 11 is 14.1. The number of thioether (sulfide) groups is 1. The van der Waals surface area contributed by atoms with E-state index in [2.05, 4.69) is 4.98 Å². The van der Waals surface area contributed by atoms with Crippen molar-refractivity contribution < 1.29 is 9.47 Å². The predicted octanol–water partition coefficient (Wildman–Crippen LogP) is 3.81. The van der Waals surface area contributed by atoms with Gasteiger partial charge < -0.3 is 14.0 Å². The van der Waals surface area contributed by atoms with Crippen molar-refractivity contribution in [3.63, 3.8) is 0 Å². The fraction of sp³-hybridized carbons (Fsp3) is 0.227. The molecule has 33 heavy (non-hydrogen) atoms. The molecule has 3 heterocycles. The van der Waals surface area contributed by atoms with E-state index < -0.39 is 11.2 Å². The molecule has 0 N–H and O–H groups in total. The second-order valence-corrected chi connectivity index (χ2v) is 9.36. The van der Waals surface area contributed by atoms with Gasteiger partial charge in [0.25, 0.3) is 5.56 Å². The molecule has 0 fully saturated rings. The Hall–Kier alpha value is -2.88. The van der Waals surface area contributed by atoms with Crippen LogP contribution in [0.2, 0.25) is 10.0 Å². The third-order valence-corrected chi connectivity index (χ3v) is 7.07.